The van der Waals surface area contributed by atoms with Crippen molar-refractivity contribution in [1.29, 1.82) is 0 Å². The fourth-order valence-electron chi connectivity index (χ4n) is 3.51. The maximum Gasteiger partial charge on any atom is 0.412 e. The Kier molecular flexibility index (Phi) is 7.76. The molecule has 0 aliphatic heterocycles. The lowest BCUT2D eigenvalue weighted by Gasteiger charge is -2.22. The minimum absolute atomic E-state index is 0.129. The molecule has 0 aliphatic carbocycles. The van der Waals surface area contributed by atoms with Crippen LogP contribution in [0.5, 0.6) is 0 Å². The highest BCUT2D eigenvalue weighted by Crippen LogP contribution is 2.30. The number of benzene rings is 2. The molecule has 1 amide bonds. The standard InChI is InChI=1S/C25H27ClN2O5/c1-16(19-6-4-5-7-20(19)26)33-24(31)27-21-15-32-28-23(21)18-10-8-17(9-11-18)12-13-25(2,3)14-22(29)30/h4-11,15-16H,12-14H2,1-3H3,(H,27,31)(H,29,30)/t16-/m1/s1. The van der Waals surface area contributed by atoms with Gasteiger partial charge in [-0.1, -0.05) is 73.1 Å². The van der Waals surface area contributed by atoms with Crippen molar-refractivity contribution in [2.45, 2.75) is 46.1 Å². The Morgan fingerprint density at radius 2 is 1.88 bits per heavy atom. The van der Waals surface area contributed by atoms with Gasteiger partial charge in [-0.25, -0.2) is 4.79 Å². The number of carbonyl (C=O) groups excluding carboxylic acids is 1. The second-order valence-corrected chi connectivity index (χ2v) is 9.11. The first-order chi connectivity index (χ1) is 15.6. The smallest absolute Gasteiger partial charge is 0.412 e. The zero-order chi connectivity index (χ0) is 24.0. The van der Waals surface area contributed by atoms with Crippen LogP contribution in [-0.4, -0.2) is 22.3 Å². The van der Waals surface area contributed by atoms with E-state index in [1.54, 1.807) is 19.1 Å². The molecule has 1 atom stereocenters. The number of ether oxygens (including phenoxy) is 1. The summed E-state index contributed by atoms with van der Waals surface area (Å²) in [6.07, 6.45) is 1.81. The maximum absolute atomic E-state index is 12.4. The number of aryl methyl sites for hydroxylation is 1. The summed E-state index contributed by atoms with van der Waals surface area (Å²) in [7, 11) is 0. The number of carboxylic acid groups (broad SMARTS) is 1. The maximum atomic E-state index is 12.4. The number of aliphatic carboxylic acids is 1. The van der Waals surface area contributed by atoms with Crippen molar-refractivity contribution in [3.63, 3.8) is 0 Å². The Morgan fingerprint density at radius 3 is 2.55 bits per heavy atom. The van der Waals surface area contributed by atoms with Gasteiger partial charge < -0.3 is 14.4 Å². The molecule has 3 rings (SSSR count). The number of halogens is 1. The quantitative estimate of drug-likeness (QED) is 0.359. The van der Waals surface area contributed by atoms with E-state index in [2.05, 4.69) is 10.5 Å². The normalized spacial score (nSPS) is 12.2. The van der Waals surface area contributed by atoms with Crippen LogP contribution in [0.1, 0.15) is 50.8 Å². The largest absolute Gasteiger partial charge is 0.481 e. The fraction of sp³-hybridized carbons (Fsp3) is 0.320. The van der Waals surface area contributed by atoms with E-state index in [1.807, 2.05) is 50.2 Å². The molecule has 174 valence electrons. The molecule has 2 N–H and O–H groups in total. The van der Waals surface area contributed by atoms with E-state index < -0.39 is 18.2 Å². The van der Waals surface area contributed by atoms with Crippen LogP contribution in [0.15, 0.2) is 59.3 Å². The van der Waals surface area contributed by atoms with Crippen LogP contribution in [0.25, 0.3) is 11.3 Å². The first kappa shape index (κ1) is 24.3. The monoisotopic (exact) mass is 470 g/mol. The molecule has 8 heteroatoms. The number of nitrogens with one attached hydrogen (secondary N) is 1. The molecular weight excluding hydrogens is 444 g/mol. The van der Waals surface area contributed by atoms with Gasteiger partial charge in [0.05, 0.1) is 6.42 Å². The molecule has 33 heavy (non-hydrogen) atoms. The van der Waals surface area contributed by atoms with Crippen molar-refractivity contribution < 1.29 is 24.0 Å². The van der Waals surface area contributed by atoms with Gasteiger partial charge >= 0.3 is 12.1 Å². The summed E-state index contributed by atoms with van der Waals surface area (Å²) in [5.74, 6) is -0.791. The highest BCUT2D eigenvalue weighted by Gasteiger charge is 2.22. The van der Waals surface area contributed by atoms with Gasteiger partial charge in [0.15, 0.2) is 0 Å². The predicted molar refractivity (Wildman–Crippen MR) is 126 cm³/mol. The molecule has 0 radical (unpaired) electrons. The van der Waals surface area contributed by atoms with E-state index >= 15 is 0 Å². The van der Waals surface area contributed by atoms with Gasteiger partial charge in [-0.05, 0) is 36.8 Å². The first-order valence-electron chi connectivity index (χ1n) is 10.6. The van der Waals surface area contributed by atoms with E-state index in [1.165, 1.54) is 6.26 Å². The van der Waals surface area contributed by atoms with E-state index in [-0.39, 0.29) is 11.8 Å². The van der Waals surface area contributed by atoms with E-state index in [9.17, 15) is 9.59 Å². The highest BCUT2D eigenvalue weighted by molar-refractivity contribution is 6.31. The summed E-state index contributed by atoms with van der Waals surface area (Å²) < 4.78 is 10.5. The summed E-state index contributed by atoms with van der Waals surface area (Å²) >= 11 is 6.17. The number of amides is 1. The number of carbonyl (C=O) groups is 2. The molecule has 0 aliphatic rings. The van der Waals surface area contributed by atoms with Gasteiger partial charge in [0, 0.05) is 16.1 Å². The summed E-state index contributed by atoms with van der Waals surface area (Å²) in [6, 6.07) is 14.9. The Balaban J connectivity index is 1.62. The minimum Gasteiger partial charge on any atom is -0.481 e. The van der Waals surface area contributed by atoms with Gasteiger partial charge in [-0.15, -0.1) is 0 Å². The summed E-state index contributed by atoms with van der Waals surface area (Å²) in [5.41, 5.74) is 3.16. The zero-order valence-corrected chi connectivity index (χ0v) is 19.6. The number of rotatable bonds is 9. The first-order valence-corrected chi connectivity index (χ1v) is 11.0. The lowest BCUT2D eigenvalue weighted by molar-refractivity contribution is -0.139. The Bertz CT molecular complexity index is 1110. The van der Waals surface area contributed by atoms with Crippen LogP contribution >= 0.6 is 11.6 Å². The van der Waals surface area contributed by atoms with Crippen molar-refractivity contribution in [2.24, 2.45) is 5.41 Å². The number of hydrogen-bond donors (Lipinski definition) is 2. The number of aromatic nitrogens is 1. The van der Waals surface area contributed by atoms with Crippen LogP contribution in [0, 0.1) is 5.41 Å². The lowest BCUT2D eigenvalue weighted by atomic mass is 9.83. The fourth-order valence-corrected chi connectivity index (χ4v) is 3.80. The van der Waals surface area contributed by atoms with Gasteiger partial charge in [-0.2, -0.15) is 0 Å². The van der Waals surface area contributed by atoms with Gasteiger partial charge in [-0.3, -0.25) is 10.1 Å². The summed E-state index contributed by atoms with van der Waals surface area (Å²) in [6.45, 7) is 5.65. The molecular formula is C25H27ClN2O5. The van der Waals surface area contributed by atoms with E-state index in [4.69, 9.17) is 26.0 Å². The topological polar surface area (TPSA) is 102 Å². The average molecular weight is 471 g/mol. The van der Waals surface area contributed by atoms with Crippen LogP contribution in [0.2, 0.25) is 5.02 Å². The predicted octanol–water partition coefficient (Wildman–Crippen LogP) is 6.74. The van der Waals surface area contributed by atoms with Crippen molar-refractivity contribution in [3.8, 4) is 11.3 Å². The average Bonchev–Trinajstić information content (AvgIpc) is 3.20. The van der Waals surface area contributed by atoms with Crippen LogP contribution in [0.4, 0.5) is 10.5 Å². The molecule has 3 aromatic rings. The molecule has 0 unspecified atom stereocenters. The molecule has 0 fully saturated rings. The summed E-state index contributed by atoms with van der Waals surface area (Å²) in [5, 5.41) is 16.2. The number of nitrogens with zero attached hydrogens (tertiary/aromatic N) is 1. The second kappa shape index (κ2) is 10.5. The molecule has 0 saturated heterocycles. The number of carboxylic acids is 1. The Hall–Kier alpha value is -3.32. The minimum atomic E-state index is -0.791. The number of hydrogen-bond acceptors (Lipinski definition) is 5. The molecule has 1 aromatic heterocycles. The van der Waals surface area contributed by atoms with Crippen LogP contribution in [0.3, 0.4) is 0 Å². The Morgan fingerprint density at radius 1 is 1.18 bits per heavy atom. The third-order valence-corrected chi connectivity index (χ3v) is 5.73. The second-order valence-electron chi connectivity index (χ2n) is 8.70. The molecule has 0 spiro atoms. The molecule has 1 heterocycles. The third kappa shape index (κ3) is 6.83. The highest BCUT2D eigenvalue weighted by atomic mass is 35.5. The lowest BCUT2D eigenvalue weighted by Crippen LogP contribution is -2.17. The molecule has 2 aromatic carbocycles. The third-order valence-electron chi connectivity index (χ3n) is 5.38. The van der Waals surface area contributed by atoms with Crippen molar-refractivity contribution in [1.82, 2.24) is 5.16 Å². The SMILES string of the molecule is C[C@@H](OC(=O)Nc1conc1-c1ccc(CCC(C)(C)CC(=O)O)cc1)c1ccccc1Cl. The van der Waals surface area contributed by atoms with Gasteiger partial charge in [0.25, 0.3) is 0 Å². The van der Waals surface area contributed by atoms with Crippen LogP contribution in [-0.2, 0) is 16.0 Å². The van der Waals surface area contributed by atoms with Gasteiger partial charge in [0.2, 0.25) is 0 Å². The molecule has 0 bridgehead atoms. The van der Waals surface area contributed by atoms with E-state index in [0.29, 0.717) is 22.0 Å². The van der Waals surface area contributed by atoms with E-state index in [0.717, 1.165) is 24.0 Å². The van der Waals surface area contributed by atoms with Crippen molar-refractivity contribution in [2.75, 3.05) is 5.32 Å². The Labute approximate surface area is 197 Å². The molecule has 0 saturated carbocycles. The van der Waals surface area contributed by atoms with Gasteiger partial charge in [0.1, 0.15) is 23.7 Å². The summed E-state index contributed by atoms with van der Waals surface area (Å²) in [4.78, 5) is 23.4. The molecule has 7 nitrogen and oxygen atoms in total. The van der Waals surface area contributed by atoms with Crippen LogP contribution < -0.4 is 5.32 Å². The number of anilines is 1. The zero-order valence-electron chi connectivity index (χ0n) is 18.8. The van der Waals surface area contributed by atoms with Crippen molar-refractivity contribution >= 4 is 29.4 Å². The van der Waals surface area contributed by atoms with Crippen molar-refractivity contribution in [3.05, 3.63) is 70.9 Å².